The molecule has 4 nitrogen and oxygen atoms in total. The van der Waals surface area contributed by atoms with Crippen molar-refractivity contribution in [1.29, 1.82) is 0 Å². The van der Waals surface area contributed by atoms with Crippen molar-refractivity contribution in [3.8, 4) is 5.75 Å². The van der Waals surface area contributed by atoms with Gasteiger partial charge in [0.15, 0.2) is 0 Å². The Morgan fingerprint density at radius 1 is 0.846 bits per heavy atom. The number of phenols is 1. The van der Waals surface area contributed by atoms with Crippen LogP contribution in [-0.2, 0) is 19.8 Å². The van der Waals surface area contributed by atoms with Crippen molar-refractivity contribution in [3.05, 3.63) is 28.8 Å². The van der Waals surface area contributed by atoms with Crippen LogP contribution in [0.25, 0.3) is 0 Å². The summed E-state index contributed by atoms with van der Waals surface area (Å²) in [5.41, 5.74) is 1.09. The Labute approximate surface area is 75.7 Å². The first-order chi connectivity index (χ1) is 6.24. The van der Waals surface area contributed by atoms with Gasteiger partial charge in [0, 0.05) is 11.1 Å². The van der Waals surface area contributed by atoms with E-state index in [0.717, 1.165) is 0 Å². The summed E-state index contributed by atoms with van der Waals surface area (Å²) >= 11 is 0. The predicted molar refractivity (Wildman–Crippen MR) is 45.9 cm³/mol. The van der Waals surface area contributed by atoms with Crippen LogP contribution in [0.4, 0.5) is 0 Å². The van der Waals surface area contributed by atoms with Gasteiger partial charge < -0.3 is 20.4 Å². The van der Waals surface area contributed by atoms with E-state index in [4.69, 9.17) is 15.3 Å². The van der Waals surface area contributed by atoms with Gasteiger partial charge in [-0.2, -0.15) is 0 Å². The van der Waals surface area contributed by atoms with E-state index in [1.54, 1.807) is 6.07 Å². The van der Waals surface area contributed by atoms with Crippen LogP contribution in [0.1, 0.15) is 16.7 Å². The van der Waals surface area contributed by atoms with Gasteiger partial charge in [0.05, 0.1) is 19.8 Å². The van der Waals surface area contributed by atoms with Crippen molar-refractivity contribution >= 4 is 0 Å². The van der Waals surface area contributed by atoms with Crippen LogP contribution in [0.15, 0.2) is 12.1 Å². The maximum Gasteiger partial charge on any atom is 0.126 e. The van der Waals surface area contributed by atoms with Gasteiger partial charge >= 0.3 is 0 Å². The van der Waals surface area contributed by atoms with E-state index >= 15 is 0 Å². The molecule has 0 atom stereocenters. The van der Waals surface area contributed by atoms with Gasteiger partial charge in [-0.05, 0) is 5.56 Å². The van der Waals surface area contributed by atoms with Crippen molar-refractivity contribution in [1.82, 2.24) is 0 Å². The Kier molecular flexibility index (Phi) is 3.25. The van der Waals surface area contributed by atoms with Gasteiger partial charge in [-0.1, -0.05) is 12.1 Å². The molecule has 1 aromatic carbocycles. The van der Waals surface area contributed by atoms with E-state index < -0.39 is 0 Å². The Bertz CT molecular complexity index is 296. The topological polar surface area (TPSA) is 80.9 Å². The predicted octanol–water partition coefficient (Wildman–Crippen LogP) is -0.131. The van der Waals surface area contributed by atoms with Crippen molar-refractivity contribution in [2.45, 2.75) is 19.8 Å². The Morgan fingerprint density at radius 2 is 1.38 bits per heavy atom. The first-order valence-corrected chi connectivity index (χ1v) is 3.89. The Hall–Kier alpha value is -1.10. The van der Waals surface area contributed by atoms with Gasteiger partial charge in [0.1, 0.15) is 5.75 Å². The van der Waals surface area contributed by atoms with Gasteiger partial charge in [0.25, 0.3) is 0 Å². The lowest BCUT2D eigenvalue weighted by molar-refractivity contribution is 0.249. The van der Waals surface area contributed by atoms with E-state index in [0.29, 0.717) is 11.1 Å². The number of benzene rings is 1. The molecule has 4 heteroatoms. The number of rotatable bonds is 3. The number of aliphatic hydroxyl groups excluding tert-OH is 3. The lowest BCUT2D eigenvalue weighted by Crippen LogP contribution is -1.97. The fraction of sp³-hybridized carbons (Fsp3) is 0.333. The van der Waals surface area contributed by atoms with Crippen molar-refractivity contribution in [2.75, 3.05) is 0 Å². The first kappa shape index (κ1) is 9.98. The minimum atomic E-state index is -0.352. The number of hydrogen-bond acceptors (Lipinski definition) is 4. The summed E-state index contributed by atoms with van der Waals surface area (Å²) in [6.45, 7) is -0.880. The third-order valence-electron chi connectivity index (χ3n) is 1.96. The zero-order valence-corrected chi connectivity index (χ0v) is 7.06. The minimum absolute atomic E-state index is 0.142. The van der Waals surface area contributed by atoms with E-state index in [2.05, 4.69) is 0 Å². The monoisotopic (exact) mass is 184 g/mol. The fourth-order valence-corrected chi connectivity index (χ4v) is 1.18. The van der Waals surface area contributed by atoms with E-state index in [1.807, 2.05) is 0 Å². The highest BCUT2D eigenvalue weighted by Gasteiger charge is 2.10. The van der Waals surface area contributed by atoms with Crippen molar-refractivity contribution in [2.24, 2.45) is 0 Å². The first-order valence-electron chi connectivity index (χ1n) is 3.89. The maximum atomic E-state index is 9.47. The zero-order valence-electron chi connectivity index (χ0n) is 7.06. The van der Waals surface area contributed by atoms with Crippen LogP contribution in [0.2, 0.25) is 0 Å². The fourth-order valence-electron chi connectivity index (χ4n) is 1.18. The second-order valence-corrected chi connectivity index (χ2v) is 2.69. The molecule has 72 valence electrons. The molecule has 0 unspecified atom stereocenters. The molecule has 0 radical (unpaired) electrons. The summed E-state index contributed by atoms with van der Waals surface area (Å²) < 4.78 is 0. The van der Waals surface area contributed by atoms with E-state index in [1.165, 1.54) is 6.07 Å². The van der Waals surface area contributed by atoms with Crippen molar-refractivity contribution < 1.29 is 20.4 Å². The molecule has 0 aliphatic carbocycles. The molecular formula is C9H12O4. The lowest BCUT2D eigenvalue weighted by Gasteiger charge is -2.10. The highest BCUT2D eigenvalue weighted by atomic mass is 16.3. The summed E-state index contributed by atoms with van der Waals surface area (Å²) in [7, 11) is 0. The Balaban J connectivity index is 3.23. The number of hydrogen-bond donors (Lipinski definition) is 4. The molecule has 0 bridgehead atoms. The third kappa shape index (κ3) is 1.80. The minimum Gasteiger partial charge on any atom is -0.507 e. The van der Waals surface area contributed by atoms with Crippen LogP contribution >= 0.6 is 0 Å². The molecule has 0 aliphatic rings. The van der Waals surface area contributed by atoms with E-state index in [-0.39, 0.29) is 31.1 Å². The molecule has 13 heavy (non-hydrogen) atoms. The van der Waals surface area contributed by atoms with Gasteiger partial charge in [0.2, 0.25) is 0 Å². The van der Waals surface area contributed by atoms with Crippen molar-refractivity contribution in [3.63, 3.8) is 0 Å². The quantitative estimate of drug-likeness (QED) is 0.527. The molecule has 0 spiro atoms. The highest BCUT2D eigenvalue weighted by Crippen LogP contribution is 2.26. The molecular weight excluding hydrogens is 172 g/mol. The molecule has 0 aliphatic heterocycles. The second kappa shape index (κ2) is 4.23. The smallest absolute Gasteiger partial charge is 0.126 e. The molecule has 4 N–H and O–H groups in total. The molecule has 0 amide bonds. The maximum absolute atomic E-state index is 9.47. The number of aromatic hydroxyl groups is 1. The second-order valence-electron chi connectivity index (χ2n) is 2.69. The van der Waals surface area contributed by atoms with Gasteiger partial charge in [-0.15, -0.1) is 0 Å². The average Bonchev–Trinajstić information content (AvgIpc) is 2.17. The van der Waals surface area contributed by atoms with Gasteiger partial charge in [-0.3, -0.25) is 0 Å². The summed E-state index contributed by atoms with van der Waals surface area (Å²) in [5.74, 6) is -0.142. The molecule has 0 fully saturated rings. The normalized spacial score (nSPS) is 10.4. The summed E-state index contributed by atoms with van der Waals surface area (Å²) in [6, 6.07) is 3.08. The van der Waals surface area contributed by atoms with E-state index in [9.17, 15) is 5.11 Å². The van der Waals surface area contributed by atoms with Crippen LogP contribution in [0.5, 0.6) is 5.75 Å². The Morgan fingerprint density at radius 3 is 1.85 bits per heavy atom. The SMILES string of the molecule is OCc1ccc(CO)c(CO)c1O. The number of aliphatic hydroxyl groups is 3. The largest absolute Gasteiger partial charge is 0.507 e. The van der Waals surface area contributed by atoms with Crippen LogP contribution in [-0.4, -0.2) is 20.4 Å². The standard InChI is InChI=1S/C9H12O4/c10-3-6-1-2-7(4-11)9(13)8(6)5-12/h1-2,10-13H,3-5H2. The molecule has 1 rings (SSSR count). The van der Waals surface area contributed by atoms with Crippen LogP contribution in [0, 0.1) is 0 Å². The van der Waals surface area contributed by atoms with Gasteiger partial charge in [-0.25, -0.2) is 0 Å². The molecule has 0 saturated heterocycles. The lowest BCUT2D eigenvalue weighted by atomic mass is 10.0. The molecule has 1 aromatic rings. The third-order valence-corrected chi connectivity index (χ3v) is 1.96. The zero-order chi connectivity index (χ0) is 9.84. The summed E-state index contributed by atoms with van der Waals surface area (Å²) in [6.07, 6.45) is 0. The molecule has 0 heterocycles. The average molecular weight is 184 g/mol. The van der Waals surface area contributed by atoms with Crippen LogP contribution < -0.4 is 0 Å². The highest BCUT2D eigenvalue weighted by molar-refractivity contribution is 5.44. The summed E-state index contributed by atoms with van der Waals surface area (Å²) in [4.78, 5) is 0. The van der Waals surface area contributed by atoms with Crippen LogP contribution in [0.3, 0.4) is 0 Å². The molecule has 0 aromatic heterocycles. The molecule has 0 saturated carbocycles. The summed E-state index contributed by atoms with van der Waals surface area (Å²) in [5, 5.41) is 36.0.